The van der Waals surface area contributed by atoms with Gasteiger partial charge in [0.2, 0.25) is 0 Å². The summed E-state index contributed by atoms with van der Waals surface area (Å²) in [4.78, 5) is 0. The van der Waals surface area contributed by atoms with Crippen molar-refractivity contribution in [3.05, 3.63) is 53.3 Å². The van der Waals surface area contributed by atoms with Crippen LogP contribution in [0.15, 0.2) is 36.7 Å². The first-order valence-electron chi connectivity index (χ1n) is 8.00. The molecular weight excluding hydrogens is 258 g/mol. The summed E-state index contributed by atoms with van der Waals surface area (Å²) in [6, 6.07) is 9.41. The van der Waals surface area contributed by atoms with Gasteiger partial charge in [-0.15, -0.1) is 0 Å². The van der Waals surface area contributed by atoms with Crippen molar-refractivity contribution in [2.24, 2.45) is 0 Å². The molecule has 1 N–H and O–H groups in total. The van der Waals surface area contributed by atoms with Gasteiger partial charge in [0.05, 0.1) is 12.7 Å². The van der Waals surface area contributed by atoms with Crippen LogP contribution in [0.25, 0.3) is 0 Å². The first-order valence-corrected chi connectivity index (χ1v) is 8.00. The molecule has 3 nitrogen and oxygen atoms in total. The molecule has 1 atom stereocenters. The minimum absolute atomic E-state index is 0.377. The summed E-state index contributed by atoms with van der Waals surface area (Å²) in [5, 5.41) is 7.86. The van der Waals surface area contributed by atoms with E-state index in [1.54, 1.807) is 0 Å². The number of rotatable bonds is 8. The van der Waals surface area contributed by atoms with Gasteiger partial charge >= 0.3 is 0 Å². The van der Waals surface area contributed by atoms with Gasteiger partial charge in [0.25, 0.3) is 0 Å². The fourth-order valence-corrected chi connectivity index (χ4v) is 2.46. The molecule has 0 fully saturated rings. The van der Waals surface area contributed by atoms with Crippen LogP contribution in [0.2, 0.25) is 0 Å². The molecule has 0 saturated heterocycles. The minimum atomic E-state index is 0.377. The van der Waals surface area contributed by atoms with E-state index in [4.69, 9.17) is 0 Å². The van der Waals surface area contributed by atoms with E-state index >= 15 is 0 Å². The van der Waals surface area contributed by atoms with Gasteiger partial charge in [-0.05, 0) is 43.4 Å². The predicted molar refractivity (Wildman–Crippen MR) is 88.4 cm³/mol. The molecule has 0 bridgehead atoms. The van der Waals surface area contributed by atoms with Crippen LogP contribution >= 0.6 is 0 Å². The summed E-state index contributed by atoms with van der Waals surface area (Å²) >= 11 is 0. The molecule has 0 amide bonds. The number of aryl methyl sites for hydroxylation is 2. The Labute approximate surface area is 128 Å². The van der Waals surface area contributed by atoms with Crippen LogP contribution in [0, 0.1) is 6.92 Å². The van der Waals surface area contributed by atoms with Crippen molar-refractivity contribution >= 4 is 0 Å². The Morgan fingerprint density at radius 1 is 1.24 bits per heavy atom. The third kappa shape index (κ3) is 5.01. The number of nitrogens with one attached hydrogen (secondary N) is 1. The molecule has 2 rings (SSSR count). The highest BCUT2D eigenvalue weighted by molar-refractivity contribution is 5.24. The third-order valence-electron chi connectivity index (χ3n) is 3.85. The first kappa shape index (κ1) is 15.8. The summed E-state index contributed by atoms with van der Waals surface area (Å²) in [7, 11) is 0. The van der Waals surface area contributed by atoms with Crippen LogP contribution in [0.3, 0.4) is 0 Å². The van der Waals surface area contributed by atoms with Crippen LogP contribution in [-0.4, -0.2) is 16.3 Å². The average Bonchev–Trinajstić information content (AvgIpc) is 2.91. The SMILES string of the molecule is CCCCc1ccc(C(C)NCCn2cc(C)cn2)cc1. The van der Waals surface area contributed by atoms with E-state index in [2.05, 4.69) is 61.6 Å². The second-order valence-electron chi connectivity index (χ2n) is 5.80. The molecule has 1 unspecified atom stereocenters. The molecule has 0 aliphatic heterocycles. The molecule has 21 heavy (non-hydrogen) atoms. The standard InChI is InChI=1S/C18H27N3/c1-4-5-6-17-7-9-18(10-8-17)16(3)19-11-12-21-14-15(2)13-20-21/h7-10,13-14,16,19H,4-6,11-12H2,1-3H3. The minimum Gasteiger partial charge on any atom is -0.308 e. The average molecular weight is 285 g/mol. The van der Waals surface area contributed by atoms with Gasteiger partial charge in [-0.1, -0.05) is 37.6 Å². The zero-order chi connectivity index (χ0) is 15.1. The van der Waals surface area contributed by atoms with Gasteiger partial charge in [0, 0.05) is 18.8 Å². The van der Waals surface area contributed by atoms with Crippen molar-refractivity contribution < 1.29 is 0 Å². The Morgan fingerprint density at radius 3 is 2.62 bits per heavy atom. The second-order valence-corrected chi connectivity index (χ2v) is 5.80. The van der Waals surface area contributed by atoms with Gasteiger partial charge in [-0.3, -0.25) is 4.68 Å². The van der Waals surface area contributed by atoms with E-state index in [0.29, 0.717) is 6.04 Å². The fourth-order valence-electron chi connectivity index (χ4n) is 2.46. The number of hydrogen-bond donors (Lipinski definition) is 1. The van der Waals surface area contributed by atoms with E-state index in [1.165, 1.54) is 36.0 Å². The molecule has 0 saturated carbocycles. The van der Waals surface area contributed by atoms with Crippen LogP contribution < -0.4 is 5.32 Å². The lowest BCUT2D eigenvalue weighted by Gasteiger charge is -2.15. The lowest BCUT2D eigenvalue weighted by Crippen LogP contribution is -2.23. The lowest BCUT2D eigenvalue weighted by atomic mass is 10.0. The summed E-state index contributed by atoms with van der Waals surface area (Å²) in [5.41, 5.74) is 4.01. The Hall–Kier alpha value is -1.61. The Morgan fingerprint density at radius 2 is 2.00 bits per heavy atom. The Bertz CT molecular complexity index is 528. The van der Waals surface area contributed by atoms with Gasteiger partial charge < -0.3 is 5.32 Å². The van der Waals surface area contributed by atoms with Crippen molar-refractivity contribution in [1.82, 2.24) is 15.1 Å². The number of aromatic nitrogens is 2. The van der Waals surface area contributed by atoms with Crippen molar-refractivity contribution in [1.29, 1.82) is 0 Å². The van der Waals surface area contributed by atoms with Gasteiger partial charge in [-0.25, -0.2) is 0 Å². The van der Waals surface area contributed by atoms with Crippen LogP contribution in [-0.2, 0) is 13.0 Å². The molecular formula is C18H27N3. The van der Waals surface area contributed by atoms with Crippen molar-refractivity contribution in [2.75, 3.05) is 6.54 Å². The molecule has 1 heterocycles. The molecule has 1 aromatic heterocycles. The summed E-state index contributed by atoms with van der Waals surface area (Å²) in [6.07, 6.45) is 7.70. The molecule has 3 heteroatoms. The van der Waals surface area contributed by atoms with Gasteiger partial charge in [0.1, 0.15) is 0 Å². The van der Waals surface area contributed by atoms with Crippen LogP contribution in [0.4, 0.5) is 0 Å². The number of hydrogen-bond acceptors (Lipinski definition) is 2. The Kier molecular flexibility index (Phi) is 6.00. The lowest BCUT2D eigenvalue weighted by molar-refractivity contribution is 0.507. The molecule has 114 valence electrons. The molecule has 0 radical (unpaired) electrons. The highest BCUT2D eigenvalue weighted by atomic mass is 15.3. The topological polar surface area (TPSA) is 29.9 Å². The molecule has 0 aliphatic rings. The number of benzene rings is 1. The number of nitrogens with zero attached hydrogens (tertiary/aromatic N) is 2. The van der Waals surface area contributed by atoms with Crippen LogP contribution in [0.5, 0.6) is 0 Å². The summed E-state index contributed by atoms with van der Waals surface area (Å²) < 4.78 is 1.99. The molecule has 1 aromatic carbocycles. The third-order valence-corrected chi connectivity index (χ3v) is 3.85. The van der Waals surface area contributed by atoms with E-state index in [9.17, 15) is 0 Å². The van der Waals surface area contributed by atoms with E-state index in [-0.39, 0.29) is 0 Å². The monoisotopic (exact) mass is 285 g/mol. The maximum absolute atomic E-state index is 4.30. The van der Waals surface area contributed by atoms with Gasteiger partial charge in [-0.2, -0.15) is 5.10 Å². The maximum Gasteiger partial charge on any atom is 0.0534 e. The maximum atomic E-state index is 4.30. The summed E-state index contributed by atoms with van der Waals surface area (Å²) in [5.74, 6) is 0. The van der Waals surface area contributed by atoms with Crippen molar-refractivity contribution in [3.63, 3.8) is 0 Å². The van der Waals surface area contributed by atoms with Crippen molar-refractivity contribution in [2.45, 2.75) is 52.6 Å². The van der Waals surface area contributed by atoms with E-state index in [0.717, 1.165) is 13.1 Å². The zero-order valence-electron chi connectivity index (χ0n) is 13.5. The molecule has 0 aliphatic carbocycles. The zero-order valence-corrected chi connectivity index (χ0v) is 13.5. The van der Waals surface area contributed by atoms with Crippen molar-refractivity contribution in [3.8, 4) is 0 Å². The Balaban J connectivity index is 1.78. The van der Waals surface area contributed by atoms with E-state index in [1.807, 2.05) is 10.9 Å². The highest BCUT2D eigenvalue weighted by Gasteiger charge is 2.04. The smallest absolute Gasteiger partial charge is 0.0534 e. The van der Waals surface area contributed by atoms with Gasteiger partial charge in [0.15, 0.2) is 0 Å². The number of unbranched alkanes of at least 4 members (excludes halogenated alkanes) is 1. The normalized spacial score (nSPS) is 12.5. The largest absolute Gasteiger partial charge is 0.308 e. The van der Waals surface area contributed by atoms with E-state index < -0.39 is 0 Å². The predicted octanol–water partition coefficient (Wildman–Crippen LogP) is 3.88. The first-order chi connectivity index (χ1) is 10.2. The quantitative estimate of drug-likeness (QED) is 0.797. The van der Waals surface area contributed by atoms with Crippen LogP contribution in [0.1, 0.15) is 49.4 Å². The fraction of sp³-hybridized carbons (Fsp3) is 0.500. The summed E-state index contributed by atoms with van der Waals surface area (Å²) in [6.45, 7) is 8.36. The highest BCUT2D eigenvalue weighted by Crippen LogP contribution is 2.14. The molecule has 2 aromatic rings. The molecule has 0 spiro atoms. The second kappa shape index (κ2) is 7.99.